The number of carbonyl (C=O) groups excluding carboxylic acids is 3. The molecule has 2 aliphatic rings. The van der Waals surface area contributed by atoms with Gasteiger partial charge in [-0.05, 0) is 45.2 Å². The van der Waals surface area contributed by atoms with Crippen molar-refractivity contribution in [2.24, 2.45) is 0 Å². The Bertz CT molecular complexity index is 756. The van der Waals surface area contributed by atoms with E-state index in [0.29, 0.717) is 12.2 Å². The van der Waals surface area contributed by atoms with Gasteiger partial charge in [0.05, 0.1) is 4.87 Å². The monoisotopic (exact) mass is 376 g/mol. The maximum absolute atomic E-state index is 12.4. The van der Waals surface area contributed by atoms with Crippen LogP contribution in [0.1, 0.15) is 36.5 Å². The van der Waals surface area contributed by atoms with E-state index in [1.807, 2.05) is 39.8 Å². The summed E-state index contributed by atoms with van der Waals surface area (Å²) in [6, 6.07) is 3.38. The third-order valence-corrected chi connectivity index (χ3v) is 6.51. The summed E-state index contributed by atoms with van der Waals surface area (Å²) in [4.78, 5) is 38.0. The summed E-state index contributed by atoms with van der Waals surface area (Å²) in [5, 5.41) is 2.81. The van der Waals surface area contributed by atoms with Crippen LogP contribution in [0.2, 0.25) is 0 Å². The first-order valence-electron chi connectivity index (χ1n) is 8.72. The molecule has 7 heteroatoms. The number of esters is 1. The van der Waals surface area contributed by atoms with Crippen LogP contribution >= 0.6 is 11.8 Å². The van der Waals surface area contributed by atoms with E-state index in [1.54, 1.807) is 16.7 Å². The number of rotatable bonds is 4. The Morgan fingerprint density at radius 2 is 1.96 bits per heavy atom. The predicted molar refractivity (Wildman–Crippen MR) is 101 cm³/mol. The summed E-state index contributed by atoms with van der Waals surface area (Å²) >= 11 is 1.60. The van der Waals surface area contributed by atoms with Crippen LogP contribution in [0.25, 0.3) is 0 Å². The quantitative estimate of drug-likeness (QED) is 0.818. The van der Waals surface area contributed by atoms with Crippen LogP contribution in [0.3, 0.4) is 0 Å². The van der Waals surface area contributed by atoms with Crippen LogP contribution in [0.5, 0.6) is 0 Å². The topological polar surface area (TPSA) is 75.7 Å². The van der Waals surface area contributed by atoms with E-state index >= 15 is 0 Å². The van der Waals surface area contributed by atoms with Gasteiger partial charge in [-0.25, -0.2) is 4.79 Å². The van der Waals surface area contributed by atoms with Crippen LogP contribution < -0.4 is 5.32 Å². The minimum atomic E-state index is -0.601. The van der Waals surface area contributed by atoms with E-state index in [-0.39, 0.29) is 23.3 Å². The third kappa shape index (κ3) is 3.45. The van der Waals surface area contributed by atoms with Gasteiger partial charge >= 0.3 is 5.97 Å². The van der Waals surface area contributed by atoms with Crippen LogP contribution in [0, 0.1) is 20.8 Å². The molecule has 3 rings (SSSR count). The van der Waals surface area contributed by atoms with Crippen molar-refractivity contribution in [2.75, 3.05) is 17.7 Å². The Morgan fingerprint density at radius 3 is 2.62 bits per heavy atom. The van der Waals surface area contributed by atoms with E-state index in [4.69, 9.17) is 4.74 Å². The fourth-order valence-electron chi connectivity index (χ4n) is 3.78. The molecule has 0 aliphatic carbocycles. The molecule has 1 aromatic rings. The molecule has 2 heterocycles. The average Bonchev–Trinajstić information content (AvgIpc) is 3.05. The summed E-state index contributed by atoms with van der Waals surface area (Å²) < 4.78 is 5.21. The van der Waals surface area contributed by atoms with Gasteiger partial charge in [0.2, 0.25) is 5.91 Å². The molecule has 6 nitrogen and oxygen atoms in total. The molecule has 0 unspecified atom stereocenters. The van der Waals surface area contributed by atoms with Gasteiger partial charge in [0.15, 0.2) is 6.61 Å². The minimum absolute atomic E-state index is 0.0187. The summed E-state index contributed by atoms with van der Waals surface area (Å²) in [7, 11) is 0. The van der Waals surface area contributed by atoms with Crippen molar-refractivity contribution in [3.05, 3.63) is 28.8 Å². The number of carbonyl (C=O) groups is 3. The van der Waals surface area contributed by atoms with E-state index in [9.17, 15) is 14.4 Å². The van der Waals surface area contributed by atoms with Crippen molar-refractivity contribution in [1.29, 1.82) is 0 Å². The number of hydrogen-bond donors (Lipinski definition) is 1. The smallest absolute Gasteiger partial charge is 0.330 e. The molecule has 0 saturated carbocycles. The number of anilines is 1. The van der Waals surface area contributed by atoms with E-state index in [0.717, 1.165) is 28.8 Å². The SMILES string of the molecule is Cc1cc(C)c(NC(=O)COC(=O)[C@@H]2CS[C@@]3(C)CCC(=O)N23)c(C)c1. The number of benzene rings is 1. The maximum Gasteiger partial charge on any atom is 0.330 e. The standard InChI is InChI=1S/C19H24N2O4S/c1-11-7-12(2)17(13(3)8-11)20-15(22)9-25-18(24)14-10-26-19(4)6-5-16(23)21(14)19/h7-8,14H,5-6,9-10H2,1-4H3,(H,20,22)/t14-,19-/m0/s1. The van der Waals surface area contributed by atoms with Crippen LogP contribution in [0.4, 0.5) is 5.69 Å². The van der Waals surface area contributed by atoms with Crippen molar-refractivity contribution in [3.63, 3.8) is 0 Å². The molecule has 2 fully saturated rings. The summed E-state index contributed by atoms with van der Waals surface area (Å²) in [5.41, 5.74) is 3.80. The normalized spacial score (nSPS) is 24.5. The first kappa shape index (κ1) is 18.8. The number of ether oxygens (including phenoxy) is 1. The Hall–Kier alpha value is -2.02. The van der Waals surface area contributed by atoms with Gasteiger partial charge < -0.3 is 15.0 Å². The second-order valence-electron chi connectivity index (χ2n) is 7.20. The lowest BCUT2D eigenvalue weighted by Gasteiger charge is -2.29. The molecule has 0 radical (unpaired) electrons. The largest absolute Gasteiger partial charge is 0.454 e. The molecular formula is C19H24N2O4S. The van der Waals surface area contributed by atoms with Gasteiger partial charge in [-0.3, -0.25) is 9.59 Å². The fourth-order valence-corrected chi connectivity index (χ4v) is 5.20. The Kier molecular flexibility index (Phi) is 5.01. The molecule has 26 heavy (non-hydrogen) atoms. The Morgan fingerprint density at radius 1 is 1.31 bits per heavy atom. The second kappa shape index (κ2) is 6.95. The van der Waals surface area contributed by atoms with Crippen LogP contribution in [0.15, 0.2) is 12.1 Å². The zero-order chi connectivity index (χ0) is 19.1. The molecule has 140 valence electrons. The van der Waals surface area contributed by atoms with Gasteiger partial charge in [-0.15, -0.1) is 11.8 Å². The van der Waals surface area contributed by atoms with E-state index in [1.165, 1.54) is 0 Å². The third-order valence-electron chi connectivity index (χ3n) is 5.00. The van der Waals surface area contributed by atoms with Crippen molar-refractivity contribution >= 4 is 35.2 Å². The lowest BCUT2D eigenvalue weighted by atomic mass is 10.1. The molecule has 0 bridgehead atoms. The van der Waals surface area contributed by atoms with Crippen LogP contribution in [-0.4, -0.2) is 46.0 Å². The highest BCUT2D eigenvalue weighted by Crippen LogP contribution is 2.47. The number of thioether (sulfide) groups is 1. The average molecular weight is 376 g/mol. The van der Waals surface area contributed by atoms with Gasteiger partial charge in [0.25, 0.3) is 5.91 Å². The number of aryl methyl sites for hydroxylation is 3. The minimum Gasteiger partial charge on any atom is -0.454 e. The number of hydrogen-bond acceptors (Lipinski definition) is 5. The molecule has 1 aromatic carbocycles. The van der Waals surface area contributed by atoms with Crippen molar-refractivity contribution in [3.8, 4) is 0 Å². The predicted octanol–water partition coefficient (Wildman–Crippen LogP) is 2.55. The number of nitrogens with zero attached hydrogens (tertiary/aromatic N) is 1. The first-order chi connectivity index (χ1) is 12.2. The Labute approximate surface area is 157 Å². The summed E-state index contributed by atoms with van der Waals surface area (Å²) in [5.74, 6) is -0.396. The highest BCUT2D eigenvalue weighted by Gasteiger charge is 2.53. The highest BCUT2D eigenvalue weighted by molar-refractivity contribution is 8.01. The molecule has 1 N–H and O–H groups in total. The first-order valence-corrected chi connectivity index (χ1v) is 9.70. The van der Waals surface area contributed by atoms with E-state index < -0.39 is 12.0 Å². The van der Waals surface area contributed by atoms with Crippen LogP contribution in [-0.2, 0) is 19.1 Å². The fraction of sp³-hybridized carbons (Fsp3) is 0.526. The van der Waals surface area contributed by atoms with Gasteiger partial charge in [-0.1, -0.05) is 17.7 Å². The molecule has 2 saturated heterocycles. The summed E-state index contributed by atoms with van der Waals surface area (Å²) in [6.07, 6.45) is 1.20. The number of fused-ring (bicyclic) bond motifs is 1. The zero-order valence-corrected chi connectivity index (χ0v) is 16.4. The van der Waals surface area contributed by atoms with Crippen molar-refractivity contribution in [2.45, 2.75) is 51.4 Å². The molecule has 2 aliphatic heterocycles. The summed E-state index contributed by atoms with van der Waals surface area (Å²) in [6.45, 7) is 7.48. The van der Waals surface area contributed by atoms with Crippen molar-refractivity contribution < 1.29 is 19.1 Å². The van der Waals surface area contributed by atoms with Crippen molar-refractivity contribution in [1.82, 2.24) is 4.90 Å². The Balaban J connectivity index is 1.58. The molecule has 2 atom stereocenters. The zero-order valence-electron chi connectivity index (χ0n) is 15.5. The van der Waals surface area contributed by atoms with Gasteiger partial charge in [0, 0.05) is 17.9 Å². The molecule has 0 spiro atoms. The van der Waals surface area contributed by atoms with Gasteiger partial charge in [0.1, 0.15) is 6.04 Å². The lowest BCUT2D eigenvalue weighted by Crippen LogP contribution is -2.47. The number of amides is 2. The second-order valence-corrected chi connectivity index (χ2v) is 8.70. The number of nitrogens with one attached hydrogen (secondary N) is 1. The maximum atomic E-state index is 12.4. The molecule has 2 amide bonds. The molecule has 0 aromatic heterocycles. The van der Waals surface area contributed by atoms with Gasteiger partial charge in [-0.2, -0.15) is 0 Å². The highest BCUT2D eigenvalue weighted by atomic mass is 32.2. The lowest BCUT2D eigenvalue weighted by molar-refractivity contribution is -0.155. The molecular weight excluding hydrogens is 352 g/mol. The van der Waals surface area contributed by atoms with E-state index in [2.05, 4.69) is 5.32 Å².